The Morgan fingerprint density at radius 3 is 2.31 bits per heavy atom. The quantitative estimate of drug-likeness (QED) is 0.327. The van der Waals surface area contributed by atoms with Crippen molar-refractivity contribution in [2.45, 2.75) is 51.2 Å². The third kappa shape index (κ3) is 8.25. The zero-order chi connectivity index (χ0) is 10.2. The van der Waals surface area contributed by atoms with Gasteiger partial charge in [0.25, 0.3) is 0 Å². The molecule has 0 aliphatic carbocycles. The van der Waals surface area contributed by atoms with Crippen molar-refractivity contribution in [3.8, 4) is 0 Å². The van der Waals surface area contributed by atoms with Crippen molar-refractivity contribution in [2.24, 2.45) is 0 Å². The van der Waals surface area contributed by atoms with Gasteiger partial charge in [0, 0.05) is 7.11 Å². The summed E-state index contributed by atoms with van der Waals surface area (Å²) >= 11 is 0. The SMILES string of the molecule is C=CCCCCCC[Si](C)(C)OC. The summed E-state index contributed by atoms with van der Waals surface area (Å²) in [4.78, 5) is 0. The fourth-order valence-corrected chi connectivity index (χ4v) is 2.60. The molecule has 0 saturated heterocycles. The average molecular weight is 200 g/mol. The van der Waals surface area contributed by atoms with Crippen LogP contribution >= 0.6 is 0 Å². The fraction of sp³-hybridized carbons (Fsp3) is 0.818. The molecular formula is C11H24OSi. The fourth-order valence-electron chi connectivity index (χ4n) is 1.30. The summed E-state index contributed by atoms with van der Waals surface area (Å²) in [5, 5.41) is 0. The van der Waals surface area contributed by atoms with E-state index in [1.807, 2.05) is 13.2 Å². The first-order chi connectivity index (χ1) is 6.12. The van der Waals surface area contributed by atoms with Crippen LogP contribution in [0.25, 0.3) is 0 Å². The van der Waals surface area contributed by atoms with Crippen molar-refractivity contribution in [1.82, 2.24) is 0 Å². The largest absolute Gasteiger partial charge is 0.420 e. The van der Waals surface area contributed by atoms with Gasteiger partial charge in [-0.2, -0.15) is 0 Å². The van der Waals surface area contributed by atoms with Crippen LogP contribution in [0.3, 0.4) is 0 Å². The van der Waals surface area contributed by atoms with Crippen LogP contribution in [0.1, 0.15) is 32.1 Å². The summed E-state index contributed by atoms with van der Waals surface area (Å²) < 4.78 is 5.49. The summed E-state index contributed by atoms with van der Waals surface area (Å²) in [5.74, 6) is 0. The Kier molecular flexibility index (Phi) is 7.29. The van der Waals surface area contributed by atoms with Gasteiger partial charge in [0.15, 0.2) is 8.32 Å². The van der Waals surface area contributed by atoms with Gasteiger partial charge in [-0.05, 0) is 32.0 Å². The Bertz CT molecular complexity index is 132. The van der Waals surface area contributed by atoms with Gasteiger partial charge in [-0.1, -0.05) is 25.3 Å². The summed E-state index contributed by atoms with van der Waals surface area (Å²) in [6, 6.07) is 1.30. The third-order valence-electron chi connectivity index (χ3n) is 2.49. The van der Waals surface area contributed by atoms with Crippen LogP contribution in [0.2, 0.25) is 19.1 Å². The first kappa shape index (κ1) is 12.9. The Morgan fingerprint density at radius 1 is 1.15 bits per heavy atom. The van der Waals surface area contributed by atoms with Crippen molar-refractivity contribution >= 4 is 8.32 Å². The van der Waals surface area contributed by atoms with E-state index in [9.17, 15) is 0 Å². The molecule has 0 rings (SSSR count). The minimum atomic E-state index is -1.27. The summed E-state index contributed by atoms with van der Waals surface area (Å²) in [6.07, 6.45) is 8.52. The van der Waals surface area contributed by atoms with Crippen molar-refractivity contribution in [3.05, 3.63) is 12.7 Å². The van der Waals surface area contributed by atoms with Crippen molar-refractivity contribution in [2.75, 3.05) is 7.11 Å². The zero-order valence-corrected chi connectivity index (χ0v) is 10.4. The van der Waals surface area contributed by atoms with E-state index >= 15 is 0 Å². The van der Waals surface area contributed by atoms with Crippen LogP contribution in [0, 0.1) is 0 Å². The van der Waals surface area contributed by atoms with E-state index < -0.39 is 8.32 Å². The number of hydrogen-bond acceptors (Lipinski definition) is 1. The van der Waals surface area contributed by atoms with Crippen molar-refractivity contribution in [1.29, 1.82) is 0 Å². The van der Waals surface area contributed by atoms with E-state index in [0.717, 1.165) is 0 Å². The van der Waals surface area contributed by atoms with Gasteiger partial charge < -0.3 is 4.43 Å². The summed E-state index contributed by atoms with van der Waals surface area (Å²) in [7, 11) is 0.585. The van der Waals surface area contributed by atoms with Gasteiger partial charge >= 0.3 is 0 Å². The molecule has 13 heavy (non-hydrogen) atoms. The second-order valence-corrected chi connectivity index (χ2v) is 8.63. The van der Waals surface area contributed by atoms with Gasteiger partial charge in [0.1, 0.15) is 0 Å². The molecule has 0 atom stereocenters. The van der Waals surface area contributed by atoms with Crippen LogP contribution in [0.15, 0.2) is 12.7 Å². The maximum absolute atomic E-state index is 5.49. The third-order valence-corrected chi connectivity index (χ3v) is 5.15. The van der Waals surface area contributed by atoms with Crippen molar-refractivity contribution < 1.29 is 4.43 Å². The molecule has 0 N–H and O–H groups in total. The molecule has 0 aliphatic heterocycles. The Labute approximate surface area is 84.3 Å². The van der Waals surface area contributed by atoms with Gasteiger partial charge in [0.05, 0.1) is 0 Å². The molecule has 0 bridgehead atoms. The van der Waals surface area contributed by atoms with Gasteiger partial charge in [0.2, 0.25) is 0 Å². The molecule has 1 nitrogen and oxygen atoms in total. The van der Waals surface area contributed by atoms with Gasteiger partial charge in [-0.25, -0.2) is 0 Å². The van der Waals surface area contributed by atoms with Crippen LogP contribution in [0.5, 0.6) is 0 Å². The standard InChI is InChI=1S/C11H24OSi/c1-5-6-7-8-9-10-11-13(3,4)12-2/h5H,1,6-11H2,2-4H3. The van der Waals surface area contributed by atoms with E-state index in [4.69, 9.17) is 4.43 Å². The predicted molar refractivity (Wildman–Crippen MR) is 62.6 cm³/mol. The number of hydrogen-bond donors (Lipinski definition) is 0. The highest BCUT2D eigenvalue weighted by Crippen LogP contribution is 2.15. The normalized spacial score (nSPS) is 11.6. The highest BCUT2D eigenvalue weighted by molar-refractivity contribution is 6.71. The number of allylic oxidation sites excluding steroid dienone is 1. The van der Waals surface area contributed by atoms with E-state index in [1.54, 1.807) is 0 Å². The minimum absolute atomic E-state index is 1.17. The van der Waals surface area contributed by atoms with E-state index in [-0.39, 0.29) is 0 Å². The molecule has 78 valence electrons. The number of unbranched alkanes of at least 4 members (excludes halogenated alkanes) is 4. The lowest BCUT2D eigenvalue weighted by Crippen LogP contribution is -2.27. The molecule has 0 spiro atoms. The lowest BCUT2D eigenvalue weighted by Gasteiger charge is -2.19. The average Bonchev–Trinajstić information content (AvgIpc) is 2.11. The summed E-state index contributed by atoms with van der Waals surface area (Å²) in [5.41, 5.74) is 0. The second kappa shape index (κ2) is 7.33. The van der Waals surface area contributed by atoms with Crippen molar-refractivity contribution in [3.63, 3.8) is 0 Å². The van der Waals surface area contributed by atoms with Gasteiger partial charge in [-0.15, -0.1) is 6.58 Å². The topological polar surface area (TPSA) is 9.23 Å². The molecule has 0 fully saturated rings. The Morgan fingerprint density at radius 2 is 1.77 bits per heavy atom. The Balaban J connectivity index is 3.20. The maximum atomic E-state index is 5.49. The van der Waals surface area contributed by atoms with E-state index in [2.05, 4.69) is 19.7 Å². The van der Waals surface area contributed by atoms with Crippen LogP contribution in [-0.2, 0) is 4.43 Å². The molecule has 0 aliphatic rings. The first-order valence-corrected chi connectivity index (χ1v) is 8.40. The lowest BCUT2D eigenvalue weighted by atomic mass is 10.1. The summed E-state index contributed by atoms with van der Waals surface area (Å²) in [6.45, 7) is 8.29. The highest BCUT2D eigenvalue weighted by Gasteiger charge is 2.18. The first-order valence-electron chi connectivity index (χ1n) is 5.28. The smallest absolute Gasteiger partial charge is 0.186 e. The highest BCUT2D eigenvalue weighted by atomic mass is 28.4. The molecule has 0 saturated carbocycles. The predicted octanol–water partition coefficient (Wildman–Crippen LogP) is 3.97. The van der Waals surface area contributed by atoms with Crippen LogP contribution in [-0.4, -0.2) is 15.4 Å². The molecule has 0 unspecified atom stereocenters. The van der Waals surface area contributed by atoms with Crippen LogP contribution in [0.4, 0.5) is 0 Å². The molecule has 0 amide bonds. The molecule has 0 aromatic rings. The van der Waals surface area contributed by atoms with Crippen LogP contribution < -0.4 is 0 Å². The zero-order valence-electron chi connectivity index (χ0n) is 9.44. The van der Waals surface area contributed by atoms with E-state index in [0.29, 0.717) is 0 Å². The van der Waals surface area contributed by atoms with Gasteiger partial charge in [-0.3, -0.25) is 0 Å². The molecule has 0 radical (unpaired) electrons. The monoisotopic (exact) mass is 200 g/mol. The maximum Gasteiger partial charge on any atom is 0.186 e. The lowest BCUT2D eigenvalue weighted by molar-refractivity contribution is 0.401. The molecule has 2 heteroatoms. The molecular weight excluding hydrogens is 176 g/mol. The van der Waals surface area contributed by atoms with E-state index in [1.165, 1.54) is 38.1 Å². The second-order valence-electron chi connectivity index (χ2n) is 4.21. The molecule has 0 heterocycles. The number of rotatable bonds is 8. The Hall–Kier alpha value is -0.0831. The molecule has 0 aromatic carbocycles. The molecule has 0 aromatic heterocycles. The minimum Gasteiger partial charge on any atom is -0.420 e.